The fraction of sp³-hybridized carbons (Fsp3) is 0.385. The van der Waals surface area contributed by atoms with Crippen molar-refractivity contribution in [1.29, 1.82) is 0 Å². The molecule has 4 nitrogen and oxygen atoms in total. The number of hydrogen-bond acceptors (Lipinski definition) is 3. The number of imidazole rings is 1. The molecule has 0 N–H and O–H groups in total. The van der Waals surface area contributed by atoms with Crippen molar-refractivity contribution in [3.8, 4) is 0 Å². The lowest BCUT2D eigenvalue weighted by atomic mass is 10.2. The fourth-order valence-corrected chi connectivity index (χ4v) is 1.97. The summed E-state index contributed by atoms with van der Waals surface area (Å²) in [4.78, 5) is 16.2. The highest BCUT2D eigenvalue weighted by Crippen LogP contribution is 2.23. The summed E-state index contributed by atoms with van der Waals surface area (Å²) in [6.45, 7) is 7.37. The molecule has 1 aromatic heterocycles. The summed E-state index contributed by atoms with van der Waals surface area (Å²) in [6.07, 6.45) is 1.01. The van der Waals surface area contributed by atoms with Crippen LogP contribution in [0.4, 0.5) is 4.79 Å². The highest BCUT2D eigenvalue weighted by Gasteiger charge is 2.20. The van der Waals surface area contributed by atoms with Gasteiger partial charge in [-0.25, -0.2) is 14.3 Å². The van der Waals surface area contributed by atoms with Gasteiger partial charge < -0.3 is 4.74 Å². The molecule has 0 amide bonds. The first-order chi connectivity index (χ1) is 8.28. The highest BCUT2D eigenvalue weighted by molar-refractivity contribution is 6.31. The van der Waals surface area contributed by atoms with Crippen LogP contribution in [0.3, 0.4) is 0 Å². The van der Waals surface area contributed by atoms with Crippen LogP contribution in [-0.4, -0.2) is 21.2 Å². The van der Waals surface area contributed by atoms with Crippen molar-refractivity contribution in [2.75, 3.05) is 0 Å². The van der Waals surface area contributed by atoms with Gasteiger partial charge in [-0.3, -0.25) is 0 Å². The van der Waals surface area contributed by atoms with Crippen molar-refractivity contribution < 1.29 is 9.53 Å². The number of carbonyl (C=O) groups excluding carboxylic acids is 1. The molecule has 5 heteroatoms. The van der Waals surface area contributed by atoms with Crippen LogP contribution < -0.4 is 0 Å². The number of aromatic nitrogens is 2. The molecule has 0 aliphatic heterocycles. The first-order valence-corrected chi connectivity index (χ1v) is 6.02. The average molecular weight is 267 g/mol. The molecule has 0 radical (unpaired) electrons. The van der Waals surface area contributed by atoms with Crippen molar-refractivity contribution in [1.82, 2.24) is 9.55 Å². The summed E-state index contributed by atoms with van der Waals surface area (Å²) in [5.41, 5.74) is 1.81. The predicted octanol–water partition coefficient (Wildman–Crippen LogP) is 3.78. The van der Waals surface area contributed by atoms with Crippen molar-refractivity contribution in [2.24, 2.45) is 0 Å². The number of ether oxygens (including phenoxy) is 1. The van der Waals surface area contributed by atoms with Gasteiger partial charge in [0, 0.05) is 5.02 Å². The molecule has 0 fully saturated rings. The lowest BCUT2D eigenvalue weighted by molar-refractivity contribution is 0.0543. The third-order valence-corrected chi connectivity index (χ3v) is 2.62. The zero-order chi connectivity index (χ0) is 13.5. The van der Waals surface area contributed by atoms with Gasteiger partial charge in [0.15, 0.2) is 0 Å². The number of halogens is 1. The van der Waals surface area contributed by atoms with E-state index in [4.69, 9.17) is 16.3 Å². The summed E-state index contributed by atoms with van der Waals surface area (Å²) < 4.78 is 6.69. The van der Waals surface area contributed by atoms with E-state index < -0.39 is 11.7 Å². The zero-order valence-corrected chi connectivity index (χ0v) is 11.6. The van der Waals surface area contributed by atoms with E-state index in [-0.39, 0.29) is 0 Å². The number of carbonyl (C=O) groups is 1. The van der Waals surface area contributed by atoms with E-state index in [0.29, 0.717) is 10.5 Å². The molecular weight excluding hydrogens is 252 g/mol. The Kier molecular flexibility index (Phi) is 3.07. The van der Waals surface area contributed by atoms with E-state index in [1.807, 2.05) is 33.8 Å². The monoisotopic (exact) mass is 266 g/mol. The maximum absolute atomic E-state index is 12.0. The largest absolute Gasteiger partial charge is 0.443 e. The number of rotatable bonds is 0. The Hall–Kier alpha value is -1.55. The maximum Gasteiger partial charge on any atom is 0.420 e. The van der Waals surface area contributed by atoms with Crippen LogP contribution >= 0.6 is 11.6 Å². The van der Waals surface area contributed by atoms with E-state index in [1.165, 1.54) is 10.9 Å². The number of benzene rings is 1. The number of fused-ring (bicyclic) bond motifs is 1. The topological polar surface area (TPSA) is 44.1 Å². The SMILES string of the molecule is Cc1cc(Cl)cc2c1ncn2C(=O)OC(C)(C)C. The normalized spacial score (nSPS) is 11.8. The first-order valence-electron chi connectivity index (χ1n) is 5.64. The van der Waals surface area contributed by atoms with Gasteiger partial charge in [0.05, 0.1) is 11.0 Å². The number of hydrogen-bond donors (Lipinski definition) is 0. The average Bonchev–Trinajstić information content (AvgIpc) is 2.58. The zero-order valence-electron chi connectivity index (χ0n) is 10.8. The molecule has 18 heavy (non-hydrogen) atoms. The molecule has 0 saturated heterocycles. The van der Waals surface area contributed by atoms with E-state index in [2.05, 4.69) is 4.98 Å². The Morgan fingerprint density at radius 2 is 2.06 bits per heavy atom. The molecule has 0 atom stereocenters. The molecule has 0 unspecified atom stereocenters. The third-order valence-electron chi connectivity index (χ3n) is 2.40. The quantitative estimate of drug-likeness (QED) is 0.729. The Labute approximate surface area is 111 Å². The summed E-state index contributed by atoms with van der Waals surface area (Å²) >= 11 is 6.00. The van der Waals surface area contributed by atoms with Gasteiger partial charge in [-0.1, -0.05) is 11.6 Å². The fourth-order valence-electron chi connectivity index (χ4n) is 1.70. The molecule has 1 aromatic carbocycles. The summed E-state index contributed by atoms with van der Waals surface area (Å²) in [5, 5.41) is 0.574. The number of aryl methyl sites for hydroxylation is 1. The van der Waals surface area contributed by atoms with E-state index in [1.54, 1.807) is 6.07 Å². The lowest BCUT2D eigenvalue weighted by Crippen LogP contribution is -2.26. The van der Waals surface area contributed by atoms with Crippen LogP contribution in [-0.2, 0) is 4.74 Å². The lowest BCUT2D eigenvalue weighted by Gasteiger charge is -2.19. The van der Waals surface area contributed by atoms with E-state index in [0.717, 1.165) is 11.1 Å². The molecule has 0 bridgehead atoms. The molecule has 0 aliphatic carbocycles. The summed E-state index contributed by atoms with van der Waals surface area (Å²) in [5.74, 6) is 0. The van der Waals surface area contributed by atoms with Crippen LogP contribution in [0.2, 0.25) is 5.02 Å². The van der Waals surface area contributed by atoms with Crippen molar-refractivity contribution in [2.45, 2.75) is 33.3 Å². The Balaban J connectivity index is 2.49. The predicted molar refractivity (Wildman–Crippen MR) is 71.1 cm³/mol. The molecule has 0 aliphatic rings. The van der Waals surface area contributed by atoms with Gasteiger partial charge in [-0.15, -0.1) is 0 Å². The van der Waals surface area contributed by atoms with Gasteiger partial charge in [-0.2, -0.15) is 0 Å². The van der Waals surface area contributed by atoms with Gasteiger partial charge >= 0.3 is 6.09 Å². The highest BCUT2D eigenvalue weighted by atomic mass is 35.5. The van der Waals surface area contributed by atoms with Gasteiger partial charge in [0.1, 0.15) is 11.9 Å². The van der Waals surface area contributed by atoms with Gasteiger partial charge in [0.25, 0.3) is 0 Å². The van der Waals surface area contributed by atoms with Crippen molar-refractivity contribution in [3.05, 3.63) is 29.0 Å². The van der Waals surface area contributed by atoms with Gasteiger partial charge in [-0.05, 0) is 45.4 Å². The van der Waals surface area contributed by atoms with Crippen LogP contribution in [0.1, 0.15) is 26.3 Å². The first kappa shape index (κ1) is 12.9. The number of nitrogens with zero attached hydrogens (tertiary/aromatic N) is 2. The second-order valence-electron chi connectivity index (χ2n) is 5.19. The van der Waals surface area contributed by atoms with Crippen LogP contribution in [0, 0.1) is 6.92 Å². The molecule has 0 saturated carbocycles. The van der Waals surface area contributed by atoms with Crippen LogP contribution in [0.5, 0.6) is 0 Å². The third kappa shape index (κ3) is 2.48. The van der Waals surface area contributed by atoms with Crippen LogP contribution in [0.25, 0.3) is 11.0 Å². The molecular formula is C13H15ClN2O2. The molecule has 1 heterocycles. The maximum atomic E-state index is 12.0. The molecule has 96 valence electrons. The molecule has 0 spiro atoms. The Bertz CT molecular complexity index is 611. The molecule has 2 aromatic rings. The van der Waals surface area contributed by atoms with Crippen LogP contribution in [0.15, 0.2) is 18.5 Å². The second kappa shape index (κ2) is 4.28. The standard InChI is InChI=1S/C13H15ClN2O2/c1-8-5-9(14)6-10-11(8)15-7-16(10)12(17)18-13(2,3)4/h5-7H,1-4H3. The minimum atomic E-state index is -0.540. The van der Waals surface area contributed by atoms with Crippen molar-refractivity contribution >= 4 is 28.7 Å². The van der Waals surface area contributed by atoms with E-state index in [9.17, 15) is 4.79 Å². The van der Waals surface area contributed by atoms with Crippen molar-refractivity contribution in [3.63, 3.8) is 0 Å². The molecule has 2 rings (SSSR count). The minimum Gasteiger partial charge on any atom is -0.443 e. The Morgan fingerprint density at radius 1 is 1.39 bits per heavy atom. The van der Waals surface area contributed by atoms with Gasteiger partial charge in [0.2, 0.25) is 0 Å². The second-order valence-corrected chi connectivity index (χ2v) is 5.62. The summed E-state index contributed by atoms with van der Waals surface area (Å²) in [7, 11) is 0. The smallest absolute Gasteiger partial charge is 0.420 e. The minimum absolute atomic E-state index is 0.452. The Morgan fingerprint density at radius 3 is 2.67 bits per heavy atom. The van der Waals surface area contributed by atoms with E-state index >= 15 is 0 Å². The summed E-state index contributed by atoms with van der Waals surface area (Å²) in [6, 6.07) is 3.52.